The van der Waals surface area contributed by atoms with Crippen molar-refractivity contribution in [2.24, 2.45) is 10.9 Å². The fourth-order valence-corrected chi connectivity index (χ4v) is 2.06. The molecule has 0 heterocycles. The zero-order chi connectivity index (χ0) is 14.4. The van der Waals surface area contributed by atoms with Crippen molar-refractivity contribution in [1.82, 2.24) is 4.90 Å². The Balaban J connectivity index is 2.86. The van der Waals surface area contributed by atoms with Gasteiger partial charge in [0.1, 0.15) is 5.84 Å². The molecule has 0 saturated carbocycles. The van der Waals surface area contributed by atoms with Gasteiger partial charge in [0.15, 0.2) is 0 Å². The molecular formula is C13H18BrN3O2. The van der Waals surface area contributed by atoms with Gasteiger partial charge < -0.3 is 15.8 Å². The Hall–Kier alpha value is -1.56. The van der Waals surface area contributed by atoms with Crippen molar-refractivity contribution in [2.45, 2.75) is 20.3 Å². The molecule has 1 rings (SSSR count). The minimum Gasteiger partial charge on any atom is -0.409 e. The second kappa shape index (κ2) is 7.13. The Labute approximate surface area is 121 Å². The van der Waals surface area contributed by atoms with Gasteiger partial charge in [0.25, 0.3) is 5.91 Å². The van der Waals surface area contributed by atoms with Crippen molar-refractivity contribution in [2.75, 3.05) is 13.1 Å². The van der Waals surface area contributed by atoms with Crippen molar-refractivity contribution in [1.29, 1.82) is 0 Å². The van der Waals surface area contributed by atoms with E-state index in [0.29, 0.717) is 25.1 Å². The molecule has 0 radical (unpaired) electrons. The number of hydrogen-bond donors (Lipinski definition) is 2. The highest BCUT2D eigenvalue weighted by molar-refractivity contribution is 9.10. The van der Waals surface area contributed by atoms with E-state index in [1.807, 2.05) is 32.0 Å². The highest BCUT2D eigenvalue weighted by atomic mass is 79.9. The summed E-state index contributed by atoms with van der Waals surface area (Å²) in [6.45, 7) is 4.80. The molecule has 3 N–H and O–H groups in total. The van der Waals surface area contributed by atoms with Crippen molar-refractivity contribution in [3.05, 3.63) is 33.8 Å². The molecule has 0 atom stereocenters. The van der Waals surface area contributed by atoms with Gasteiger partial charge >= 0.3 is 0 Å². The van der Waals surface area contributed by atoms with E-state index in [1.54, 1.807) is 4.90 Å². The number of hydrogen-bond acceptors (Lipinski definition) is 3. The number of nitrogens with zero attached hydrogens (tertiary/aromatic N) is 2. The molecule has 0 spiro atoms. The first kappa shape index (κ1) is 15.5. The smallest absolute Gasteiger partial charge is 0.254 e. The van der Waals surface area contributed by atoms with Gasteiger partial charge in [0, 0.05) is 29.5 Å². The molecule has 0 aromatic heterocycles. The van der Waals surface area contributed by atoms with Gasteiger partial charge in [-0.2, -0.15) is 0 Å². The molecule has 104 valence electrons. The van der Waals surface area contributed by atoms with Crippen LogP contribution in [0.1, 0.15) is 29.3 Å². The molecule has 0 saturated heterocycles. The highest BCUT2D eigenvalue weighted by Gasteiger charge is 2.16. The third kappa shape index (κ3) is 4.24. The number of nitrogens with two attached hydrogens (primary N) is 1. The molecule has 0 unspecified atom stereocenters. The Morgan fingerprint density at radius 1 is 1.53 bits per heavy atom. The number of aryl methyl sites for hydroxylation is 1. The number of amides is 1. The molecule has 0 aliphatic carbocycles. The average Bonchev–Trinajstić information content (AvgIpc) is 2.41. The Morgan fingerprint density at radius 2 is 2.21 bits per heavy atom. The summed E-state index contributed by atoms with van der Waals surface area (Å²) in [5, 5.41) is 11.4. The van der Waals surface area contributed by atoms with E-state index in [4.69, 9.17) is 10.9 Å². The lowest BCUT2D eigenvalue weighted by Gasteiger charge is -2.21. The largest absolute Gasteiger partial charge is 0.409 e. The maximum absolute atomic E-state index is 12.4. The fraction of sp³-hybridized carbons (Fsp3) is 0.385. The number of rotatable bonds is 5. The van der Waals surface area contributed by atoms with Gasteiger partial charge in [-0.25, -0.2) is 0 Å². The van der Waals surface area contributed by atoms with Crippen LogP contribution in [-0.4, -0.2) is 34.9 Å². The first-order valence-corrected chi connectivity index (χ1v) is 6.80. The number of carbonyl (C=O) groups is 1. The van der Waals surface area contributed by atoms with Crippen LogP contribution in [0.2, 0.25) is 0 Å². The first-order valence-electron chi connectivity index (χ1n) is 6.01. The van der Waals surface area contributed by atoms with E-state index >= 15 is 0 Å². The van der Waals surface area contributed by atoms with E-state index < -0.39 is 0 Å². The van der Waals surface area contributed by atoms with E-state index in [9.17, 15) is 4.79 Å². The summed E-state index contributed by atoms with van der Waals surface area (Å²) in [6.07, 6.45) is 0.350. The number of benzene rings is 1. The summed E-state index contributed by atoms with van der Waals surface area (Å²) < 4.78 is 0.869. The van der Waals surface area contributed by atoms with Crippen molar-refractivity contribution in [3.8, 4) is 0 Å². The fourth-order valence-electron chi connectivity index (χ4n) is 1.70. The molecule has 0 aliphatic heterocycles. The summed E-state index contributed by atoms with van der Waals surface area (Å²) in [5.74, 6) is 0.0734. The van der Waals surface area contributed by atoms with Crippen LogP contribution in [0, 0.1) is 6.92 Å². The maximum Gasteiger partial charge on any atom is 0.254 e. The first-order chi connectivity index (χ1) is 8.99. The minimum absolute atomic E-state index is 0.0490. The van der Waals surface area contributed by atoms with E-state index in [2.05, 4.69) is 21.1 Å². The van der Waals surface area contributed by atoms with Gasteiger partial charge in [-0.1, -0.05) is 27.2 Å². The summed E-state index contributed by atoms with van der Waals surface area (Å²) in [5.41, 5.74) is 7.01. The number of oxime groups is 1. The molecule has 1 aromatic rings. The van der Waals surface area contributed by atoms with Crippen LogP contribution in [0.4, 0.5) is 0 Å². The molecule has 0 fully saturated rings. The zero-order valence-corrected chi connectivity index (χ0v) is 12.6. The number of halogens is 1. The second-order valence-electron chi connectivity index (χ2n) is 4.19. The predicted octanol–water partition coefficient (Wildman–Crippen LogP) is 2.36. The summed E-state index contributed by atoms with van der Waals surface area (Å²) >= 11 is 3.37. The van der Waals surface area contributed by atoms with Crippen molar-refractivity contribution in [3.63, 3.8) is 0 Å². The minimum atomic E-state index is -0.0490. The third-order valence-electron chi connectivity index (χ3n) is 2.87. The van der Waals surface area contributed by atoms with Gasteiger partial charge in [0.2, 0.25) is 0 Å². The maximum atomic E-state index is 12.4. The summed E-state index contributed by atoms with van der Waals surface area (Å²) in [4.78, 5) is 14.1. The lowest BCUT2D eigenvalue weighted by atomic mass is 10.1. The quantitative estimate of drug-likeness (QED) is 0.377. The summed E-state index contributed by atoms with van der Waals surface area (Å²) in [7, 11) is 0. The second-order valence-corrected chi connectivity index (χ2v) is 5.10. The molecule has 0 bridgehead atoms. The van der Waals surface area contributed by atoms with E-state index in [0.717, 1.165) is 10.0 Å². The Morgan fingerprint density at radius 3 is 2.79 bits per heavy atom. The van der Waals surface area contributed by atoms with Crippen LogP contribution >= 0.6 is 15.9 Å². The standard InChI is InChI=1S/C13H18BrN3O2/c1-3-17(7-6-12(15)16-19)13(18)11-8-10(14)5-4-9(11)2/h4-5,8,19H,3,6-7H2,1-2H3,(H2,15,16). The lowest BCUT2D eigenvalue weighted by molar-refractivity contribution is 0.0767. The molecule has 6 heteroatoms. The SMILES string of the molecule is CCN(CCC(N)=NO)C(=O)c1cc(Br)ccc1C. The van der Waals surface area contributed by atoms with Crippen molar-refractivity contribution >= 4 is 27.7 Å². The van der Waals surface area contributed by atoms with Crippen LogP contribution in [0.15, 0.2) is 27.8 Å². The van der Waals surface area contributed by atoms with E-state index in [-0.39, 0.29) is 11.7 Å². The predicted molar refractivity (Wildman–Crippen MR) is 78.5 cm³/mol. The normalized spacial score (nSPS) is 11.4. The molecule has 5 nitrogen and oxygen atoms in total. The average molecular weight is 328 g/mol. The van der Waals surface area contributed by atoms with Crippen LogP contribution in [0.25, 0.3) is 0 Å². The van der Waals surface area contributed by atoms with Crippen molar-refractivity contribution < 1.29 is 10.0 Å². The lowest BCUT2D eigenvalue weighted by Crippen LogP contribution is -2.34. The van der Waals surface area contributed by atoms with E-state index in [1.165, 1.54) is 0 Å². The van der Waals surface area contributed by atoms with Gasteiger partial charge in [-0.3, -0.25) is 4.79 Å². The summed E-state index contributed by atoms with van der Waals surface area (Å²) in [6, 6.07) is 5.61. The Bertz CT molecular complexity index is 489. The van der Waals surface area contributed by atoms with Gasteiger partial charge in [-0.05, 0) is 31.5 Å². The number of carbonyl (C=O) groups excluding carboxylic acids is 1. The van der Waals surface area contributed by atoms with Crippen LogP contribution in [-0.2, 0) is 0 Å². The zero-order valence-electron chi connectivity index (χ0n) is 11.1. The third-order valence-corrected chi connectivity index (χ3v) is 3.36. The van der Waals surface area contributed by atoms with Crippen LogP contribution in [0.3, 0.4) is 0 Å². The van der Waals surface area contributed by atoms with Crippen LogP contribution < -0.4 is 5.73 Å². The molecule has 19 heavy (non-hydrogen) atoms. The highest BCUT2D eigenvalue weighted by Crippen LogP contribution is 2.18. The molecular weight excluding hydrogens is 310 g/mol. The van der Waals surface area contributed by atoms with Crippen LogP contribution in [0.5, 0.6) is 0 Å². The monoisotopic (exact) mass is 327 g/mol. The van der Waals surface area contributed by atoms with Gasteiger partial charge in [0.05, 0.1) is 0 Å². The topological polar surface area (TPSA) is 78.9 Å². The van der Waals surface area contributed by atoms with Gasteiger partial charge in [-0.15, -0.1) is 0 Å². The number of amidine groups is 1. The molecule has 1 aromatic carbocycles. The molecule has 1 amide bonds. The molecule has 0 aliphatic rings. The Kier molecular flexibility index (Phi) is 5.82.